The van der Waals surface area contributed by atoms with E-state index in [4.69, 9.17) is 28.4 Å². The third-order valence-electron chi connectivity index (χ3n) is 11.8. The number of nitrogens with zero attached hydrogens (tertiary/aromatic N) is 1. The van der Waals surface area contributed by atoms with E-state index in [0.717, 1.165) is 19.4 Å². The molecule has 0 saturated carbocycles. The molecule has 13 nitrogen and oxygen atoms in total. The van der Waals surface area contributed by atoms with E-state index in [1.807, 2.05) is 20.8 Å². The summed E-state index contributed by atoms with van der Waals surface area (Å²) in [6, 6.07) is 7.20. The second-order valence-corrected chi connectivity index (χ2v) is 16.0. The highest BCUT2D eigenvalue weighted by Crippen LogP contribution is 2.39. The summed E-state index contributed by atoms with van der Waals surface area (Å²) in [5.74, 6) is -3.05. The number of hydrogen-bond acceptors (Lipinski definition) is 12. The standard InChI is InChI=1S/C41H68N2O11/c1-13-32-41(8,48)36(45)26(4)34(44)24(2)23-40(7,50-12)37(27(5)35(49-11)28(6)39(47)53-32)54-33-22-30(21-25(3)52-33)43(10)19-14-20-51-31-17-15-29(16-18-31)38(46)42-9/h15-18,24-28,30,32-33,35-37,45,48H,13-14,19-23H2,1-12H3,(H,42,46)/t24-,25-,26+,27+,28-,30+,32-,33+,35+,36-,37-,40-,41-/m1/s1. The number of amides is 1. The van der Waals surface area contributed by atoms with Gasteiger partial charge in [-0.25, -0.2) is 0 Å². The lowest BCUT2D eigenvalue weighted by Crippen LogP contribution is -2.58. The molecule has 13 atom stereocenters. The summed E-state index contributed by atoms with van der Waals surface area (Å²) < 4.78 is 37.4. The van der Waals surface area contributed by atoms with Crippen LogP contribution in [0.25, 0.3) is 0 Å². The van der Waals surface area contributed by atoms with Gasteiger partial charge in [0.05, 0.1) is 42.5 Å². The van der Waals surface area contributed by atoms with Gasteiger partial charge in [-0.05, 0) is 84.7 Å². The Bertz CT molecular complexity index is 1360. The average molecular weight is 765 g/mol. The molecule has 1 aromatic rings. The van der Waals surface area contributed by atoms with Crippen LogP contribution in [-0.4, -0.2) is 128 Å². The van der Waals surface area contributed by atoms with Crippen molar-refractivity contribution < 1.29 is 53.0 Å². The minimum absolute atomic E-state index is 0.109. The van der Waals surface area contributed by atoms with Gasteiger partial charge in [0.1, 0.15) is 23.2 Å². The molecule has 3 rings (SSSR count). The molecule has 0 spiro atoms. The molecule has 0 aromatic heterocycles. The van der Waals surface area contributed by atoms with E-state index in [-0.39, 0.29) is 36.7 Å². The van der Waals surface area contributed by atoms with Crippen LogP contribution in [-0.2, 0) is 33.3 Å². The van der Waals surface area contributed by atoms with Crippen LogP contribution in [0.5, 0.6) is 5.75 Å². The summed E-state index contributed by atoms with van der Waals surface area (Å²) in [4.78, 5) is 41.7. The summed E-state index contributed by atoms with van der Waals surface area (Å²) in [5.41, 5.74) is -2.36. The first-order valence-corrected chi connectivity index (χ1v) is 19.5. The maximum atomic E-state index is 13.9. The smallest absolute Gasteiger partial charge is 0.311 e. The highest BCUT2D eigenvalue weighted by Gasteiger charge is 2.51. The van der Waals surface area contributed by atoms with E-state index in [2.05, 4.69) is 17.3 Å². The lowest BCUT2D eigenvalue weighted by molar-refractivity contribution is -0.272. The molecule has 0 aliphatic carbocycles. The molecular formula is C41H68N2O11. The summed E-state index contributed by atoms with van der Waals surface area (Å²) in [7, 11) is 6.80. The third kappa shape index (κ3) is 11.0. The molecular weight excluding hydrogens is 696 g/mol. The monoisotopic (exact) mass is 764 g/mol. The molecule has 308 valence electrons. The number of aliphatic hydroxyl groups excluding tert-OH is 1. The molecule has 0 radical (unpaired) electrons. The van der Waals surface area contributed by atoms with Crippen molar-refractivity contribution in [3.8, 4) is 5.75 Å². The van der Waals surface area contributed by atoms with Crippen LogP contribution in [0.4, 0.5) is 0 Å². The Balaban J connectivity index is 1.83. The number of nitrogens with one attached hydrogen (secondary N) is 1. The zero-order valence-corrected chi connectivity index (χ0v) is 34.6. The molecule has 2 saturated heterocycles. The first-order chi connectivity index (χ1) is 25.3. The number of hydrogen-bond donors (Lipinski definition) is 3. The van der Waals surface area contributed by atoms with Crippen molar-refractivity contribution >= 4 is 17.7 Å². The molecule has 0 bridgehead atoms. The molecule has 0 unspecified atom stereocenters. The van der Waals surface area contributed by atoms with Crippen LogP contribution in [0.15, 0.2) is 24.3 Å². The number of rotatable bonds is 12. The van der Waals surface area contributed by atoms with Crippen LogP contribution in [0.3, 0.4) is 0 Å². The predicted octanol–water partition coefficient (Wildman–Crippen LogP) is 4.40. The molecule has 2 heterocycles. The minimum Gasteiger partial charge on any atom is -0.494 e. The Morgan fingerprint density at radius 1 is 1.04 bits per heavy atom. The lowest BCUT2D eigenvalue weighted by Gasteiger charge is -2.47. The van der Waals surface area contributed by atoms with Crippen LogP contribution in [0.2, 0.25) is 0 Å². The number of aliphatic hydroxyl groups is 2. The van der Waals surface area contributed by atoms with Gasteiger partial charge in [0.2, 0.25) is 0 Å². The molecule has 54 heavy (non-hydrogen) atoms. The number of Topliss-reactive ketones (excluding diaryl/α,β-unsaturated/α-hetero) is 1. The van der Waals surface area contributed by atoms with Crippen LogP contribution in [0.1, 0.15) is 97.9 Å². The van der Waals surface area contributed by atoms with E-state index < -0.39 is 71.5 Å². The fourth-order valence-corrected chi connectivity index (χ4v) is 8.41. The number of esters is 1. The third-order valence-corrected chi connectivity index (χ3v) is 11.8. The number of carbonyl (C=O) groups excluding carboxylic acids is 3. The van der Waals surface area contributed by atoms with Crippen molar-refractivity contribution in [2.75, 3.05) is 41.5 Å². The van der Waals surface area contributed by atoms with Crippen molar-refractivity contribution in [1.82, 2.24) is 10.2 Å². The number of ketones is 1. The Kier molecular flexibility index (Phi) is 16.9. The number of ether oxygens (including phenoxy) is 6. The van der Waals surface area contributed by atoms with Crippen molar-refractivity contribution in [1.29, 1.82) is 0 Å². The normalized spacial score (nSPS) is 37.4. The first-order valence-electron chi connectivity index (χ1n) is 19.5. The Labute approximate surface area is 322 Å². The SMILES string of the molecule is CC[C@H]1OC(=O)[C@H](C)[C@@H](OC)[C@H](C)[C@@H](O[C@H]2C[C@@H](N(C)CCCOc3ccc(C(=O)NC)cc3)C[C@@H](C)O2)[C@](C)(OC)C[C@@H](C)C(=O)[C@H](C)[C@@H](O)[C@]1(C)O. The largest absolute Gasteiger partial charge is 0.494 e. The molecule has 2 aliphatic rings. The number of carbonyl (C=O) groups is 3. The van der Waals surface area contributed by atoms with Crippen molar-refractivity contribution in [2.45, 2.75) is 142 Å². The van der Waals surface area contributed by atoms with E-state index in [0.29, 0.717) is 24.3 Å². The Hall–Kier alpha value is -2.65. The van der Waals surface area contributed by atoms with Gasteiger partial charge in [-0.3, -0.25) is 14.4 Å². The molecule has 13 heteroatoms. The quantitative estimate of drug-likeness (QED) is 0.204. The number of methoxy groups -OCH3 is 2. The van der Waals surface area contributed by atoms with Gasteiger partial charge in [0, 0.05) is 63.6 Å². The van der Waals surface area contributed by atoms with Crippen LogP contribution in [0, 0.1) is 23.7 Å². The topological polar surface area (TPSA) is 162 Å². The summed E-state index contributed by atoms with van der Waals surface area (Å²) >= 11 is 0. The molecule has 1 aromatic carbocycles. The zero-order chi connectivity index (χ0) is 40.5. The Morgan fingerprint density at radius 2 is 1.69 bits per heavy atom. The fraction of sp³-hybridized carbons (Fsp3) is 0.780. The van der Waals surface area contributed by atoms with Gasteiger partial charge in [0.25, 0.3) is 5.91 Å². The summed E-state index contributed by atoms with van der Waals surface area (Å²) in [6.07, 6.45) is -2.04. The maximum absolute atomic E-state index is 13.9. The predicted molar refractivity (Wildman–Crippen MR) is 204 cm³/mol. The molecule has 2 aliphatic heterocycles. The maximum Gasteiger partial charge on any atom is 0.311 e. The first kappa shape index (κ1) is 45.7. The highest BCUT2D eigenvalue weighted by atomic mass is 16.7. The lowest BCUT2D eigenvalue weighted by atomic mass is 9.74. The average Bonchev–Trinajstić information content (AvgIpc) is 3.15. The van der Waals surface area contributed by atoms with Crippen molar-refractivity contribution in [2.24, 2.45) is 23.7 Å². The highest BCUT2D eigenvalue weighted by molar-refractivity contribution is 5.94. The van der Waals surface area contributed by atoms with E-state index >= 15 is 0 Å². The van der Waals surface area contributed by atoms with E-state index in [1.54, 1.807) is 66.1 Å². The fourth-order valence-electron chi connectivity index (χ4n) is 8.41. The molecule has 1 amide bonds. The Morgan fingerprint density at radius 3 is 2.26 bits per heavy atom. The van der Waals surface area contributed by atoms with Crippen molar-refractivity contribution in [3.63, 3.8) is 0 Å². The number of benzene rings is 1. The zero-order valence-electron chi connectivity index (χ0n) is 34.6. The number of cyclic esters (lactones) is 1. The molecule has 3 N–H and O–H groups in total. The van der Waals surface area contributed by atoms with E-state index in [1.165, 1.54) is 14.0 Å². The van der Waals surface area contributed by atoms with Crippen molar-refractivity contribution in [3.05, 3.63) is 29.8 Å². The van der Waals surface area contributed by atoms with Crippen LogP contribution >= 0.6 is 0 Å². The van der Waals surface area contributed by atoms with Gasteiger partial charge in [0.15, 0.2) is 6.29 Å². The van der Waals surface area contributed by atoms with Gasteiger partial charge < -0.3 is 48.9 Å². The van der Waals surface area contributed by atoms with Gasteiger partial charge in [-0.15, -0.1) is 0 Å². The van der Waals surface area contributed by atoms with Gasteiger partial charge in [-0.2, -0.15) is 0 Å². The van der Waals surface area contributed by atoms with Gasteiger partial charge >= 0.3 is 5.97 Å². The van der Waals surface area contributed by atoms with E-state index in [9.17, 15) is 24.6 Å². The second kappa shape index (κ2) is 20.0. The van der Waals surface area contributed by atoms with Crippen LogP contribution < -0.4 is 10.1 Å². The summed E-state index contributed by atoms with van der Waals surface area (Å²) in [5, 5.41) is 25.4. The summed E-state index contributed by atoms with van der Waals surface area (Å²) in [6.45, 7) is 15.4. The minimum atomic E-state index is -1.87. The van der Waals surface area contributed by atoms with Gasteiger partial charge in [-0.1, -0.05) is 27.7 Å². The molecule has 2 fully saturated rings. The second-order valence-electron chi connectivity index (χ2n) is 16.0.